The maximum Gasteiger partial charge on any atom is 0.0715 e. The molecule has 4 aromatic rings. The Labute approximate surface area is 177 Å². The molecule has 0 fully saturated rings. The second-order valence-electron chi connectivity index (χ2n) is 7.03. The number of hydrogen-bond donors (Lipinski definition) is 0. The first-order chi connectivity index (χ1) is 14.2. The Bertz CT molecular complexity index is 1050. The van der Waals surface area contributed by atoms with Crippen LogP contribution in [0.4, 0.5) is 5.69 Å². The lowest BCUT2D eigenvalue weighted by molar-refractivity contribution is 0.969. The fraction of sp³-hybridized carbons (Fsp3) is 0.115. The maximum atomic E-state index is 6.32. The van der Waals surface area contributed by atoms with Crippen LogP contribution < -0.4 is 4.90 Å². The summed E-state index contributed by atoms with van der Waals surface area (Å²) in [4.78, 5) is 7.19. The summed E-state index contributed by atoms with van der Waals surface area (Å²) < 4.78 is 0. The molecule has 0 spiro atoms. The molecule has 0 bridgehead atoms. The first-order valence-electron chi connectivity index (χ1n) is 9.79. The molecular weight excluding hydrogens is 376 g/mol. The zero-order valence-corrected chi connectivity index (χ0v) is 17.4. The number of nitrogens with zero attached hydrogens (tertiary/aromatic N) is 2. The van der Waals surface area contributed by atoms with Crippen molar-refractivity contribution in [2.24, 2.45) is 0 Å². The van der Waals surface area contributed by atoms with Crippen molar-refractivity contribution in [3.63, 3.8) is 0 Å². The van der Waals surface area contributed by atoms with Gasteiger partial charge in [-0.15, -0.1) is 0 Å². The molecule has 2 nitrogen and oxygen atoms in total. The molecule has 0 aliphatic rings. The van der Waals surface area contributed by atoms with E-state index in [1.165, 1.54) is 0 Å². The lowest BCUT2D eigenvalue weighted by atomic mass is 9.98. The van der Waals surface area contributed by atoms with Crippen LogP contribution in [0.3, 0.4) is 0 Å². The van der Waals surface area contributed by atoms with Gasteiger partial charge < -0.3 is 4.90 Å². The van der Waals surface area contributed by atoms with E-state index in [4.69, 9.17) is 16.6 Å². The zero-order chi connectivity index (χ0) is 20.2. The lowest BCUT2D eigenvalue weighted by Crippen LogP contribution is -2.16. The maximum absolute atomic E-state index is 6.32. The molecular formula is C26H23ClN2. The molecule has 0 saturated carbocycles. The fourth-order valence-corrected chi connectivity index (χ4v) is 3.60. The summed E-state index contributed by atoms with van der Waals surface area (Å²) >= 11 is 6.32. The van der Waals surface area contributed by atoms with Gasteiger partial charge in [0.1, 0.15) is 0 Å². The van der Waals surface area contributed by atoms with Gasteiger partial charge in [-0.25, -0.2) is 4.98 Å². The van der Waals surface area contributed by atoms with Crippen LogP contribution in [0.5, 0.6) is 0 Å². The van der Waals surface area contributed by atoms with Gasteiger partial charge in [-0.05, 0) is 36.8 Å². The Kier molecular flexibility index (Phi) is 5.64. The van der Waals surface area contributed by atoms with Crippen LogP contribution in [-0.4, -0.2) is 18.6 Å². The number of hydrogen-bond acceptors (Lipinski definition) is 2. The zero-order valence-electron chi connectivity index (χ0n) is 16.6. The molecule has 0 amide bonds. The predicted octanol–water partition coefficient (Wildman–Crippen LogP) is 7.19. The highest BCUT2D eigenvalue weighted by atomic mass is 35.5. The van der Waals surface area contributed by atoms with E-state index in [-0.39, 0.29) is 0 Å². The molecule has 3 aromatic carbocycles. The smallest absolute Gasteiger partial charge is 0.0715 e. The summed E-state index contributed by atoms with van der Waals surface area (Å²) in [6.07, 6.45) is 0. The van der Waals surface area contributed by atoms with Crippen LogP contribution in [0.2, 0.25) is 5.02 Å². The predicted molar refractivity (Wildman–Crippen MR) is 124 cm³/mol. The summed E-state index contributed by atoms with van der Waals surface area (Å²) in [6.45, 7) is 3.04. The minimum absolute atomic E-state index is 0.740. The third-order valence-electron chi connectivity index (χ3n) is 5.12. The standard InChI is InChI=1S/C26H23ClN2/c1-3-29(2)26-18-22(27)14-15-23(26)21-16-24(19-10-6-4-7-11-19)28-25(17-21)20-12-8-5-9-13-20/h4-18H,3H2,1-2H3. The van der Waals surface area contributed by atoms with Crippen molar-refractivity contribution in [1.82, 2.24) is 4.98 Å². The first-order valence-corrected chi connectivity index (χ1v) is 10.2. The number of rotatable bonds is 5. The van der Waals surface area contributed by atoms with E-state index in [0.29, 0.717) is 0 Å². The van der Waals surface area contributed by atoms with Gasteiger partial charge in [0.15, 0.2) is 0 Å². The van der Waals surface area contributed by atoms with Crippen molar-refractivity contribution in [3.05, 3.63) is 96.0 Å². The Morgan fingerprint density at radius 3 is 1.79 bits per heavy atom. The summed E-state index contributed by atoms with van der Waals surface area (Å²) in [7, 11) is 2.09. The van der Waals surface area contributed by atoms with Gasteiger partial charge in [-0.3, -0.25) is 0 Å². The van der Waals surface area contributed by atoms with Gasteiger partial charge in [0.25, 0.3) is 0 Å². The average molecular weight is 399 g/mol. The topological polar surface area (TPSA) is 16.1 Å². The Morgan fingerprint density at radius 1 is 0.724 bits per heavy atom. The van der Waals surface area contributed by atoms with Crippen molar-refractivity contribution in [1.29, 1.82) is 0 Å². The molecule has 1 heterocycles. The van der Waals surface area contributed by atoms with Gasteiger partial charge in [0.2, 0.25) is 0 Å². The molecule has 0 aliphatic carbocycles. The van der Waals surface area contributed by atoms with Crippen LogP contribution in [0.1, 0.15) is 6.92 Å². The molecule has 0 atom stereocenters. The van der Waals surface area contributed by atoms with Gasteiger partial charge in [0, 0.05) is 41.0 Å². The van der Waals surface area contributed by atoms with Gasteiger partial charge in [-0.1, -0.05) is 78.3 Å². The van der Waals surface area contributed by atoms with E-state index >= 15 is 0 Å². The van der Waals surface area contributed by atoms with Crippen molar-refractivity contribution in [2.75, 3.05) is 18.5 Å². The van der Waals surface area contributed by atoms with Crippen LogP contribution in [0.25, 0.3) is 33.6 Å². The minimum atomic E-state index is 0.740. The summed E-state index contributed by atoms with van der Waals surface area (Å²) in [5.41, 5.74) is 7.52. The molecule has 0 N–H and O–H groups in total. The Hall–Kier alpha value is -3.10. The quantitative estimate of drug-likeness (QED) is 0.353. The fourth-order valence-electron chi connectivity index (χ4n) is 3.43. The van der Waals surface area contributed by atoms with Crippen LogP contribution in [-0.2, 0) is 0 Å². The monoisotopic (exact) mass is 398 g/mol. The van der Waals surface area contributed by atoms with E-state index in [2.05, 4.69) is 61.3 Å². The largest absolute Gasteiger partial charge is 0.374 e. The summed E-state index contributed by atoms with van der Waals surface area (Å²) in [5, 5.41) is 0.740. The minimum Gasteiger partial charge on any atom is -0.374 e. The van der Waals surface area contributed by atoms with E-state index in [9.17, 15) is 0 Å². The van der Waals surface area contributed by atoms with Crippen molar-refractivity contribution in [2.45, 2.75) is 6.92 Å². The number of benzene rings is 3. The van der Waals surface area contributed by atoms with Crippen molar-refractivity contribution in [3.8, 4) is 33.6 Å². The molecule has 0 unspecified atom stereocenters. The van der Waals surface area contributed by atoms with E-state index in [0.717, 1.165) is 50.9 Å². The van der Waals surface area contributed by atoms with Gasteiger partial charge in [0.05, 0.1) is 11.4 Å². The highest BCUT2D eigenvalue weighted by molar-refractivity contribution is 6.31. The SMILES string of the molecule is CCN(C)c1cc(Cl)ccc1-c1cc(-c2ccccc2)nc(-c2ccccc2)c1. The van der Waals surface area contributed by atoms with Crippen LogP contribution in [0, 0.1) is 0 Å². The Balaban J connectivity index is 1.95. The highest BCUT2D eigenvalue weighted by Gasteiger charge is 2.13. The average Bonchev–Trinajstić information content (AvgIpc) is 2.79. The molecule has 0 saturated heterocycles. The number of anilines is 1. The number of aromatic nitrogens is 1. The third-order valence-corrected chi connectivity index (χ3v) is 5.36. The van der Waals surface area contributed by atoms with Crippen LogP contribution in [0.15, 0.2) is 91.0 Å². The molecule has 3 heteroatoms. The van der Waals surface area contributed by atoms with Crippen molar-refractivity contribution < 1.29 is 0 Å². The molecule has 1 aromatic heterocycles. The molecule has 0 aliphatic heterocycles. The van der Waals surface area contributed by atoms with E-state index in [1.807, 2.05) is 48.5 Å². The first kappa shape index (κ1) is 19.2. The normalized spacial score (nSPS) is 10.7. The van der Waals surface area contributed by atoms with Crippen molar-refractivity contribution >= 4 is 17.3 Å². The highest BCUT2D eigenvalue weighted by Crippen LogP contribution is 2.36. The molecule has 4 rings (SSSR count). The second-order valence-corrected chi connectivity index (χ2v) is 7.47. The number of halogens is 1. The lowest BCUT2D eigenvalue weighted by Gasteiger charge is -2.22. The summed E-state index contributed by atoms with van der Waals surface area (Å²) in [6, 6.07) is 31.0. The van der Waals surface area contributed by atoms with Gasteiger partial charge in [-0.2, -0.15) is 0 Å². The second kappa shape index (κ2) is 8.50. The number of pyridine rings is 1. The Morgan fingerprint density at radius 2 is 1.28 bits per heavy atom. The van der Waals surface area contributed by atoms with Gasteiger partial charge >= 0.3 is 0 Å². The van der Waals surface area contributed by atoms with E-state index < -0.39 is 0 Å². The molecule has 29 heavy (non-hydrogen) atoms. The third kappa shape index (κ3) is 4.18. The summed E-state index contributed by atoms with van der Waals surface area (Å²) in [5.74, 6) is 0. The van der Waals surface area contributed by atoms with Crippen LogP contribution >= 0.6 is 11.6 Å². The molecule has 144 valence electrons. The van der Waals surface area contributed by atoms with E-state index in [1.54, 1.807) is 0 Å². The molecule has 0 radical (unpaired) electrons.